The predicted molar refractivity (Wildman–Crippen MR) is 226 cm³/mol. The van der Waals surface area contributed by atoms with Gasteiger partial charge in [0.05, 0.1) is 23.0 Å². The number of hydrogen-bond acceptors (Lipinski definition) is 2. The van der Waals surface area contributed by atoms with E-state index in [1.54, 1.807) is 25.4 Å². The van der Waals surface area contributed by atoms with Crippen molar-refractivity contribution < 1.29 is 9.47 Å². The van der Waals surface area contributed by atoms with Crippen molar-refractivity contribution in [3.8, 4) is 33.8 Å². The van der Waals surface area contributed by atoms with E-state index in [1.165, 1.54) is 61.7 Å². The summed E-state index contributed by atoms with van der Waals surface area (Å²) in [5, 5.41) is 0. The van der Waals surface area contributed by atoms with Crippen LogP contribution in [0.4, 0.5) is 0 Å². The van der Waals surface area contributed by atoms with Crippen molar-refractivity contribution in [2.45, 2.75) is 49.7 Å². The standard InChI is InChI=1S/C50H48O2Si/c1-6-53(49-33(2)31-47-43(11-7-9-13-45(47)49)39-19-15-35(16-20-39)37-23-27-41(51-4)28-24-37)50-34(3)32-48-44(12-8-10-14-46(48)50)40-21-17-36(18-22-40)38-25-29-42(52-5)30-26-38/h7-32,43-44,49-50,53H,6H2,1-5H3. The van der Waals surface area contributed by atoms with Crippen LogP contribution in [-0.4, -0.2) is 23.0 Å². The van der Waals surface area contributed by atoms with Crippen molar-refractivity contribution in [1.82, 2.24) is 0 Å². The SMILES string of the molecule is CC[SiH](C1C(C)=CC2=C1C=CC=CC2c1ccc(-c2ccc(OC)cc2)cc1)C1C(C)=CC2=C1C=CC=CC2c1ccc(-c2ccc(OC)cc2)cc1. The summed E-state index contributed by atoms with van der Waals surface area (Å²) in [7, 11) is 1.98. The van der Waals surface area contributed by atoms with E-state index >= 15 is 0 Å². The highest BCUT2D eigenvalue weighted by Crippen LogP contribution is 2.54. The zero-order chi connectivity index (χ0) is 36.5. The normalized spacial score (nSPS) is 22.2. The summed E-state index contributed by atoms with van der Waals surface area (Å²) < 4.78 is 10.8. The maximum absolute atomic E-state index is 5.38. The highest BCUT2D eigenvalue weighted by Gasteiger charge is 2.42. The number of hydrogen-bond donors (Lipinski definition) is 0. The molecule has 0 heterocycles. The molecule has 0 radical (unpaired) electrons. The minimum atomic E-state index is -1.45. The van der Waals surface area contributed by atoms with Crippen LogP contribution in [0, 0.1) is 0 Å². The van der Waals surface area contributed by atoms with Gasteiger partial charge in [-0.2, -0.15) is 0 Å². The Kier molecular flexibility index (Phi) is 9.77. The summed E-state index contributed by atoms with van der Waals surface area (Å²) >= 11 is 0. The average Bonchev–Trinajstić information content (AvgIpc) is 3.49. The molecule has 0 aromatic heterocycles. The second kappa shape index (κ2) is 14.9. The van der Waals surface area contributed by atoms with Gasteiger partial charge in [0.1, 0.15) is 11.5 Å². The summed E-state index contributed by atoms with van der Waals surface area (Å²) in [5.74, 6) is 2.23. The van der Waals surface area contributed by atoms with E-state index in [9.17, 15) is 0 Å². The van der Waals surface area contributed by atoms with Gasteiger partial charge in [-0.15, -0.1) is 0 Å². The molecule has 0 fully saturated rings. The van der Waals surface area contributed by atoms with Crippen molar-refractivity contribution >= 4 is 8.80 Å². The number of allylic oxidation sites excluding steroid dienone is 16. The van der Waals surface area contributed by atoms with Gasteiger partial charge in [0.15, 0.2) is 0 Å². The van der Waals surface area contributed by atoms with E-state index < -0.39 is 8.80 Å². The van der Waals surface area contributed by atoms with Crippen LogP contribution >= 0.6 is 0 Å². The van der Waals surface area contributed by atoms with E-state index in [1.807, 2.05) is 24.3 Å². The Morgan fingerprint density at radius 2 is 0.830 bits per heavy atom. The molecule has 0 amide bonds. The van der Waals surface area contributed by atoms with Crippen LogP contribution < -0.4 is 9.47 Å². The van der Waals surface area contributed by atoms with Crippen molar-refractivity contribution in [3.63, 3.8) is 0 Å². The van der Waals surface area contributed by atoms with Gasteiger partial charge in [-0.1, -0.05) is 158 Å². The highest BCUT2D eigenvalue weighted by molar-refractivity contribution is 6.65. The first-order valence-corrected chi connectivity index (χ1v) is 21.2. The van der Waals surface area contributed by atoms with E-state index in [4.69, 9.17) is 9.47 Å². The molecule has 4 aliphatic carbocycles. The lowest BCUT2D eigenvalue weighted by Gasteiger charge is -2.32. The number of rotatable bonds is 9. The van der Waals surface area contributed by atoms with Crippen LogP contribution in [0.1, 0.15) is 43.7 Å². The van der Waals surface area contributed by atoms with E-state index in [0.717, 1.165) is 11.5 Å². The minimum Gasteiger partial charge on any atom is -0.497 e. The summed E-state index contributed by atoms with van der Waals surface area (Å²) in [5.41, 5.74) is 17.6. The molecule has 264 valence electrons. The molecule has 53 heavy (non-hydrogen) atoms. The molecule has 0 saturated carbocycles. The van der Waals surface area contributed by atoms with Gasteiger partial charge >= 0.3 is 0 Å². The Hall–Kier alpha value is -5.38. The molecule has 0 N–H and O–H groups in total. The molecule has 0 aliphatic heterocycles. The quantitative estimate of drug-likeness (QED) is 0.161. The zero-order valence-corrected chi connectivity index (χ0v) is 32.6. The van der Waals surface area contributed by atoms with Crippen LogP contribution in [0.2, 0.25) is 17.1 Å². The fourth-order valence-corrected chi connectivity index (χ4v) is 13.6. The number of benzene rings is 4. The van der Waals surface area contributed by atoms with Crippen LogP contribution in [-0.2, 0) is 0 Å². The molecule has 0 bridgehead atoms. The lowest BCUT2D eigenvalue weighted by molar-refractivity contribution is 0.415. The molecule has 4 aromatic rings. The fraction of sp³-hybridized carbons (Fsp3) is 0.200. The Balaban J connectivity index is 1.09. The maximum Gasteiger partial charge on any atom is 0.118 e. The van der Waals surface area contributed by atoms with Gasteiger partial charge < -0.3 is 9.47 Å². The molecule has 4 atom stereocenters. The van der Waals surface area contributed by atoms with Crippen molar-refractivity contribution in [3.05, 3.63) is 202 Å². The third-order valence-electron chi connectivity index (χ3n) is 11.8. The largest absolute Gasteiger partial charge is 0.497 e. The van der Waals surface area contributed by atoms with Gasteiger partial charge in [-0.25, -0.2) is 0 Å². The predicted octanol–water partition coefficient (Wildman–Crippen LogP) is 12.7. The third-order valence-corrected chi connectivity index (χ3v) is 16.3. The lowest BCUT2D eigenvalue weighted by Crippen LogP contribution is -2.28. The van der Waals surface area contributed by atoms with Crippen molar-refractivity contribution in [2.24, 2.45) is 0 Å². The van der Waals surface area contributed by atoms with Crippen molar-refractivity contribution in [1.29, 1.82) is 0 Å². The maximum atomic E-state index is 5.38. The second-order valence-electron chi connectivity index (χ2n) is 14.8. The smallest absolute Gasteiger partial charge is 0.118 e. The average molecular weight is 709 g/mol. The third kappa shape index (κ3) is 6.60. The monoisotopic (exact) mass is 708 g/mol. The second-order valence-corrected chi connectivity index (χ2v) is 18.2. The van der Waals surface area contributed by atoms with Crippen molar-refractivity contribution in [2.75, 3.05) is 14.2 Å². The Labute approximate surface area is 317 Å². The minimum absolute atomic E-state index is 0.235. The molecular formula is C50H48O2Si. The molecule has 2 nitrogen and oxygen atoms in total. The lowest BCUT2D eigenvalue weighted by atomic mass is 9.88. The fourth-order valence-electron chi connectivity index (χ4n) is 9.22. The van der Waals surface area contributed by atoms with Crippen LogP contribution in [0.15, 0.2) is 191 Å². The molecule has 4 aromatic carbocycles. The topological polar surface area (TPSA) is 18.5 Å². The molecule has 4 aliphatic rings. The van der Waals surface area contributed by atoms with Gasteiger partial charge in [0.25, 0.3) is 0 Å². The summed E-state index contributed by atoms with van der Waals surface area (Å²) in [4.78, 5) is 0. The van der Waals surface area contributed by atoms with E-state index in [2.05, 4.69) is 154 Å². The van der Waals surface area contributed by atoms with Gasteiger partial charge in [-0.05, 0) is 105 Å². The van der Waals surface area contributed by atoms with Gasteiger partial charge in [-0.3, -0.25) is 0 Å². The van der Waals surface area contributed by atoms with Gasteiger partial charge in [0, 0.05) is 11.8 Å². The molecule has 0 saturated heterocycles. The zero-order valence-electron chi connectivity index (χ0n) is 31.4. The number of ether oxygens (including phenoxy) is 2. The number of methoxy groups -OCH3 is 2. The van der Waals surface area contributed by atoms with Crippen LogP contribution in [0.25, 0.3) is 22.3 Å². The summed E-state index contributed by atoms with van der Waals surface area (Å²) in [6.07, 6.45) is 23.8. The molecule has 8 rings (SSSR count). The first kappa shape index (κ1) is 34.7. The Morgan fingerprint density at radius 1 is 0.472 bits per heavy atom. The molecular weight excluding hydrogens is 661 g/mol. The summed E-state index contributed by atoms with van der Waals surface area (Å²) in [6.45, 7) is 7.26. The van der Waals surface area contributed by atoms with E-state index in [-0.39, 0.29) is 11.8 Å². The first-order valence-electron chi connectivity index (χ1n) is 19.0. The van der Waals surface area contributed by atoms with Gasteiger partial charge in [0.2, 0.25) is 0 Å². The molecule has 4 unspecified atom stereocenters. The summed E-state index contributed by atoms with van der Waals surface area (Å²) in [6, 6.07) is 36.3. The Morgan fingerprint density at radius 3 is 1.17 bits per heavy atom. The molecule has 3 heteroatoms. The van der Waals surface area contributed by atoms with E-state index in [0.29, 0.717) is 11.1 Å². The Bertz CT molecular complexity index is 2080. The first-order chi connectivity index (χ1) is 26.0. The highest BCUT2D eigenvalue weighted by atomic mass is 28.3. The molecule has 0 spiro atoms. The van der Waals surface area contributed by atoms with Crippen LogP contribution in [0.5, 0.6) is 11.5 Å². The van der Waals surface area contributed by atoms with Crippen LogP contribution in [0.3, 0.4) is 0 Å².